The van der Waals surface area contributed by atoms with Crippen molar-refractivity contribution in [1.82, 2.24) is 5.43 Å². The standard InChI is InChI=1S/C9H9BrF2N2O2/c1-5-4-6(10)2-3-7(5)16-9(11,12)8(15)14-13/h2-4H,13H2,1H3,(H,14,15). The Morgan fingerprint density at radius 1 is 1.56 bits per heavy atom. The number of benzene rings is 1. The number of rotatable bonds is 3. The predicted molar refractivity (Wildman–Crippen MR) is 56.8 cm³/mol. The number of hydrogen-bond acceptors (Lipinski definition) is 3. The highest BCUT2D eigenvalue weighted by Gasteiger charge is 2.42. The van der Waals surface area contributed by atoms with Gasteiger partial charge in [0.05, 0.1) is 0 Å². The Labute approximate surface area is 98.9 Å². The van der Waals surface area contributed by atoms with Gasteiger partial charge in [0.2, 0.25) is 0 Å². The van der Waals surface area contributed by atoms with E-state index in [1.54, 1.807) is 13.0 Å². The minimum atomic E-state index is -3.99. The number of aryl methyl sites for hydroxylation is 1. The molecule has 1 aromatic rings. The number of halogens is 3. The number of carbonyl (C=O) groups is 1. The summed E-state index contributed by atoms with van der Waals surface area (Å²) in [7, 11) is 0. The smallest absolute Gasteiger partial charge is 0.425 e. The molecule has 0 fully saturated rings. The zero-order chi connectivity index (χ0) is 12.3. The Balaban J connectivity index is 2.92. The summed E-state index contributed by atoms with van der Waals surface area (Å²) in [5.74, 6) is 2.82. The normalized spacial score (nSPS) is 11.1. The number of nitrogens with one attached hydrogen (secondary N) is 1. The third-order valence-corrected chi connectivity index (χ3v) is 2.26. The van der Waals surface area contributed by atoms with E-state index in [-0.39, 0.29) is 5.75 Å². The Kier molecular flexibility index (Phi) is 3.82. The van der Waals surface area contributed by atoms with Gasteiger partial charge in [-0.3, -0.25) is 10.2 Å². The molecule has 1 aromatic carbocycles. The summed E-state index contributed by atoms with van der Waals surface area (Å²) >= 11 is 3.18. The molecule has 0 saturated heterocycles. The average molecular weight is 295 g/mol. The van der Waals surface area contributed by atoms with Gasteiger partial charge in [-0.1, -0.05) is 15.9 Å². The lowest BCUT2D eigenvalue weighted by molar-refractivity contribution is -0.193. The van der Waals surface area contributed by atoms with Gasteiger partial charge in [-0.05, 0) is 30.7 Å². The Hall–Kier alpha value is -1.21. The maximum atomic E-state index is 13.1. The van der Waals surface area contributed by atoms with Gasteiger partial charge in [-0.25, -0.2) is 5.84 Å². The van der Waals surface area contributed by atoms with Crippen molar-refractivity contribution in [2.75, 3.05) is 0 Å². The molecule has 16 heavy (non-hydrogen) atoms. The molecule has 0 radical (unpaired) electrons. The van der Waals surface area contributed by atoms with E-state index < -0.39 is 12.0 Å². The van der Waals surface area contributed by atoms with Crippen molar-refractivity contribution in [2.24, 2.45) is 5.84 Å². The fourth-order valence-electron chi connectivity index (χ4n) is 0.996. The third-order valence-electron chi connectivity index (χ3n) is 1.77. The van der Waals surface area contributed by atoms with Crippen molar-refractivity contribution in [3.63, 3.8) is 0 Å². The molecule has 0 aliphatic carbocycles. The van der Waals surface area contributed by atoms with Gasteiger partial charge < -0.3 is 4.74 Å². The first-order valence-electron chi connectivity index (χ1n) is 4.21. The van der Waals surface area contributed by atoms with E-state index in [1.807, 2.05) is 0 Å². The summed E-state index contributed by atoms with van der Waals surface area (Å²) in [5.41, 5.74) is 1.80. The Morgan fingerprint density at radius 2 is 2.19 bits per heavy atom. The average Bonchev–Trinajstić information content (AvgIpc) is 2.21. The molecule has 1 rings (SSSR count). The van der Waals surface area contributed by atoms with Crippen LogP contribution in [0.3, 0.4) is 0 Å². The van der Waals surface area contributed by atoms with Crippen LogP contribution in [0.25, 0.3) is 0 Å². The van der Waals surface area contributed by atoms with E-state index in [0.717, 1.165) is 4.47 Å². The molecule has 0 saturated carbocycles. The monoisotopic (exact) mass is 294 g/mol. The number of carbonyl (C=O) groups excluding carboxylic acids is 1. The van der Waals surface area contributed by atoms with E-state index >= 15 is 0 Å². The molecule has 0 heterocycles. The molecule has 1 amide bonds. The van der Waals surface area contributed by atoms with Crippen LogP contribution in [0, 0.1) is 6.92 Å². The van der Waals surface area contributed by atoms with Crippen molar-refractivity contribution in [3.8, 4) is 5.75 Å². The van der Waals surface area contributed by atoms with Crippen molar-refractivity contribution in [1.29, 1.82) is 0 Å². The number of ether oxygens (including phenoxy) is 1. The summed E-state index contributed by atoms with van der Waals surface area (Å²) < 4.78 is 31.1. The van der Waals surface area contributed by atoms with E-state index in [9.17, 15) is 13.6 Å². The number of alkyl halides is 2. The number of nitrogens with two attached hydrogens (primary N) is 1. The zero-order valence-corrected chi connectivity index (χ0v) is 9.85. The van der Waals surface area contributed by atoms with Crippen molar-refractivity contribution in [2.45, 2.75) is 13.0 Å². The molecule has 0 bridgehead atoms. The topological polar surface area (TPSA) is 64.3 Å². The van der Waals surface area contributed by atoms with Crippen LogP contribution in [0.2, 0.25) is 0 Å². The van der Waals surface area contributed by atoms with E-state index in [0.29, 0.717) is 5.56 Å². The second kappa shape index (κ2) is 4.75. The molecule has 3 N–H and O–H groups in total. The molecule has 4 nitrogen and oxygen atoms in total. The maximum absolute atomic E-state index is 13.1. The quantitative estimate of drug-likeness (QED) is 0.507. The van der Waals surface area contributed by atoms with Crippen LogP contribution < -0.4 is 16.0 Å². The third kappa shape index (κ3) is 2.89. The largest absolute Gasteiger partial charge is 0.483 e. The number of amides is 1. The maximum Gasteiger partial charge on any atom is 0.483 e. The summed E-state index contributed by atoms with van der Waals surface area (Å²) in [6.07, 6.45) is -3.99. The summed E-state index contributed by atoms with van der Waals surface area (Å²) in [5, 5.41) is 0. The van der Waals surface area contributed by atoms with E-state index in [1.165, 1.54) is 17.6 Å². The van der Waals surface area contributed by atoms with Crippen LogP contribution >= 0.6 is 15.9 Å². The van der Waals surface area contributed by atoms with Crippen LogP contribution in [-0.4, -0.2) is 12.0 Å². The number of hydrazine groups is 1. The predicted octanol–water partition coefficient (Wildman–Crippen LogP) is 1.72. The van der Waals surface area contributed by atoms with Crippen LogP contribution in [0.15, 0.2) is 22.7 Å². The summed E-state index contributed by atoms with van der Waals surface area (Å²) in [6.45, 7) is 1.58. The molecule has 7 heteroatoms. The Morgan fingerprint density at radius 3 is 2.69 bits per heavy atom. The highest BCUT2D eigenvalue weighted by Crippen LogP contribution is 2.27. The van der Waals surface area contributed by atoms with Crippen molar-refractivity contribution >= 4 is 21.8 Å². The molecule has 0 aliphatic rings. The summed E-state index contributed by atoms with van der Waals surface area (Å²) in [4.78, 5) is 10.7. The second-order valence-electron chi connectivity index (χ2n) is 3.00. The lowest BCUT2D eigenvalue weighted by atomic mass is 10.2. The van der Waals surface area contributed by atoms with Gasteiger partial charge in [0, 0.05) is 4.47 Å². The summed E-state index contributed by atoms with van der Waals surface area (Å²) in [6, 6.07) is 4.45. The van der Waals surface area contributed by atoms with Gasteiger partial charge in [-0.2, -0.15) is 8.78 Å². The van der Waals surface area contributed by atoms with Gasteiger partial charge >= 0.3 is 12.0 Å². The van der Waals surface area contributed by atoms with Crippen LogP contribution in [-0.2, 0) is 4.79 Å². The Bertz CT molecular complexity index is 412. The molecular weight excluding hydrogens is 286 g/mol. The number of hydrogen-bond donors (Lipinski definition) is 2. The first-order valence-corrected chi connectivity index (χ1v) is 5.00. The molecule has 0 aromatic heterocycles. The fourth-order valence-corrected chi connectivity index (χ4v) is 1.47. The fraction of sp³-hybridized carbons (Fsp3) is 0.222. The minimum Gasteiger partial charge on any atom is -0.425 e. The molecule has 0 aliphatic heterocycles. The lowest BCUT2D eigenvalue weighted by Gasteiger charge is -2.17. The van der Waals surface area contributed by atoms with E-state index in [2.05, 4.69) is 26.5 Å². The van der Waals surface area contributed by atoms with Gasteiger partial charge in [-0.15, -0.1) is 0 Å². The zero-order valence-electron chi connectivity index (χ0n) is 8.26. The SMILES string of the molecule is Cc1cc(Br)ccc1OC(F)(F)C(=O)NN. The van der Waals surface area contributed by atoms with Crippen molar-refractivity contribution in [3.05, 3.63) is 28.2 Å². The van der Waals surface area contributed by atoms with Gasteiger partial charge in [0.15, 0.2) is 0 Å². The minimum absolute atomic E-state index is 0.0863. The first-order chi connectivity index (χ1) is 7.36. The molecule has 0 spiro atoms. The van der Waals surface area contributed by atoms with Crippen LogP contribution in [0.1, 0.15) is 5.56 Å². The first kappa shape index (κ1) is 12.9. The van der Waals surface area contributed by atoms with Gasteiger partial charge in [0.1, 0.15) is 5.75 Å². The molecule has 0 unspecified atom stereocenters. The van der Waals surface area contributed by atoms with E-state index in [4.69, 9.17) is 0 Å². The molecular formula is C9H9BrF2N2O2. The van der Waals surface area contributed by atoms with Crippen LogP contribution in [0.4, 0.5) is 8.78 Å². The van der Waals surface area contributed by atoms with Crippen molar-refractivity contribution < 1.29 is 18.3 Å². The van der Waals surface area contributed by atoms with Crippen LogP contribution in [0.5, 0.6) is 5.75 Å². The highest BCUT2D eigenvalue weighted by atomic mass is 79.9. The molecule has 88 valence electrons. The lowest BCUT2D eigenvalue weighted by Crippen LogP contribution is -2.47. The highest BCUT2D eigenvalue weighted by molar-refractivity contribution is 9.10. The van der Waals surface area contributed by atoms with Gasteiger partial charge in [0.25, 0.3) is 0 Å². The molecule has 0 atom stereocenters. The second-order valence-corrected chi connectivity index (χ2v) is 3.92.